The predicted molar refractivity (Wildman–Crippen MR) is 77.3 cm³/mol. The fraction of sp³-hybridized carbons (Fsp3) is 0.857. The Morgan fingerprint density at radius 3 is 2.70 bits per heavy atom. The highest BCUT2D eigenvalue weighted by atomic mass is 16.4. The van der Waals surface area contributed by atoms with Gasteiger partial charge in [-0.15, -0.1) is 0 Å². The summed E-state index contributed by atoms with van der Waals surface area (Å²) in [6.07, 6.45) is 4.54. The lowest BCUT2D eigenvalue weighted by molar-refractivity contribution is -0.147. The van der Waals surface area contributed by atoms with Crippen molar-refractivity contribution in [2.75, 3.05) is 13.6 Å². The van der Waals surface area contributed by atoms with E-state index in [1.54, 1.807) is 7.05 Å². The number of hydrogen-bond donors (Lipinski definition) is 4. The van der Waals surface area contributed by atoms with Crippen LogP contribution in [0.15, 0.2) is 0 Å². The highest BCUT2D eigenvalue weighted by Gasteiger charge is 2.42. The lowest BCUT2D eigenvalue weighted by Gasteiger charge is -2.39. The number of aliphatic carboxylic acids is 1. The van der Waals surface area contributed by atoms with Crippen molar-refractivity contribution in [2.45, 2.75) is 57.0 Å². The maximum absolute atomic E-state index is 11.6. The molecule has 6 heteroatoms. The quantitative estimate of drug-likeness (QED) is 0.519. The maximum Gasteiger partial charge on any atom is 0.323 e. The summed E-state index contributed by atoms with van der Waals surface area (Å²) in [6.45, 7) is 2.72. The largest absolute Gasteiger partial charge is 0.480 e. The number of carboxylic acid groups (broad SMARTS) is 1. The molecular weight excluding hydrogens is 258 g/mol. The summed E-state index contributed by atoms with van der Waals surface area (Å²) >= 11 is 0. The zero-order chi connectivity index (χ0) is 15.2. The zero-order valence-corrected chi connectivity index (χ0v) is 12.4. The van der Waals surface area contributed by atoms with Crippen LogP contribution in [0.2, 0.25) is 0 Å². The van der Waals surface area contributed by atoms with Crippen LogP contribution >= 0.6 is 0 Å². The summed E-state index contributed by atoms with van der Waals surface area (Å²) in [4.78, 5) is 22.9. The molecule has 5 N–H and O–H groups in total. The summed E-state index contributed by atoms with van der Waals surface area (Å²) < 4.78 is 0. The van der Waals surface area contributed by atoms with E-state index in [1.165, 1.54) is 0 Å². The van der Waals surface area contributed by atoms with Crippen LogP contribution < -0.4 is 16.4 Å². The van der Waals surface area contributed by atoms with E-state index in [4.69, 9.17) is 5.73 Å². The van der Waals surface area contributed by atoms with Crippen molar-refractivity contribution in [3.8, 4) is 0 Å². The van der Waals surface area contributed by atoms with Crippen molar-refractivity contribution < 1.29 is 14.7 Å². The van der Waals surface area contributed by atoms with Gasteiger partial charge in [0, 0.05) is 0 Å². The predicted octanol–water partition coefficient (Wildman–Crippen LogP) is 0.463. The molecule has 1 rings (SSSR count). The second kappa shape index (κ2) is 7.59. The average molecular weight is 285 g/mol. The molecule has 0 bridgehead atoms. The number of amides is 1. The Morgan fingerprint density at radius 2 is 2.20 bits per heavy atom. The number of carboxylic acids is 1. The molecule has 1 aliphatic carbocycles. The van der Waals surface area contributed by atoms with Crippen LogP contribution in [0, 0.1) is 5.92 Å². The smallest absolute Gasteiger partial charge is 0.323 e. The minimum atomic E-state index is -0.838. The van der Waals surface area contributed by atoms with Gasteiger partial charge in [0.25, 0.3) is 0 Å². The molecule has 116 valence electrons. The van der Waals surface area contributed by atoms with Gasteiger partial charge >= 0.3 is 5.97 Å². The summed E-state index contributed by atoms with van der Waals surface area (Å²) in [5.74, 6) is -0.953. The molecule has 0 spiro atoms. The Kier molecular flexibility index (Phi) is 6.42. The van der Waals surface area contributed by atoms with E-state index in [9.17, 15) is 14.7 Å². The van der Waals surface area contributed by atoms with E-state index in [0.717, 1.165) is 19.3 Å². The van der Waals surface area contributed by atoms with Crippen molar-refractivity contribution in [3.05, 3.63) is 0 Å². The standard InChI is InChI=1S/C14H27N3O3/c1-3-7-17-14(13(19)20)6-4-5-10(9-14)8-11(16-2)12(15)18/h10-11,16-17H,3-9H2,1-2H3,(H2,15,18)(H,19,20). The van der Waals surface area contributed by atoms with Crippen LogP contribution in [-0.2, 0) is 9.59 Å². The molecule has 1 aliphatic rings. The van der Waals surface area contributed by atoms with Gasteiger partial charge < -0.3 is 21.5 Å². The zero-order valence-electron chi connectivity index (χ0n) is 12.4. The molecule has 0 aromatic carbocycles. The third kappa shape index (κ3) is 4.18. The molecule has 6 nitrogen and oxygen atoms in total. The van der Waals surface area contributed by atoms with E-state index >= 15 is 0 Å². The van der Waals surface area contributed by atoms with Crippen LogP contribution in [0.5, 0.6) is 0 Å². The summed E-state index contributed by atoms with van der Waals surface area (Å²) in [5, 5.41) is 15.7. The first kappa shape index (κ1) is 16.9. The van der Waals surface area contributed by atoms with Crippen LogP contribution in [0.3, 0.4) is 0 Å². The minimum absolute atomic E-state index is 0.203. The topological polar surface area (TPSA) is 104 Å². The first-order chi connectivity index (χ1) is 9.45. The normalized spacial score (nSPS) is 28.0. The molecule has 1 saturated carbocycles. The molecule has 0 radical (unpaired) electrons. The highest BCUT2D eigenvalue weighted by Crippen LogP contribution is 2.35. The fourth-order valence-electron chi connectivity index (χ4n) is 3.09. The lowest BCUT2D eigenvalue weighted by Crippen LogP contribution is -2.55. The van der Waals surface area contributed by atoms with Crippen molar-refractivity contribution >= 4 is 11.9 Å². The Balaban J connectivity index is 2.71. The summed E-state index contributed by atoms with van der Waals surface area (Å²) in [7, 11) is 1.71. The SMILES string of the molecule is CCCNC1(C(=O)O)CCCC(CC(NC)C(N)=O)C1. The minimum Gasteiger partial charge on any atom is -0.480 e. The van der Waals surface area contributed by atoms with Crippen molar-refractivity contribution in [1.82, 2.24) is 10.6 Å². The molecule has 3 unspecified atom stereocenters. The second-order valence-corrected chi connectivity index (χ2v) is 5.76. The van der Waals surface area contributed by atoms with Gasteiger partial charge in [0.1, 0.15) is 5.54 Å². The summed E-state index contributed by atoms with van der Waals surface area (Å²) in [6, 6.07) is -0.379. The van der Waals surface area contributed by atoms with Crippen LogP contribution in [0.25, 0.3) is 0 Å². The number of carbonyl (C=O) groups excluding carboxylic acids is 1. The average Bonchev–Trinajstić information content (AvgIpc) is 2.42. The molecule has 3 atom stereocenters. The summed E-state index contributed by atoms with van der Waals surface area (Å²) in [5.41, 5.74) is 4.50. The van der Waals surface area contributed by atoms with Gasteiger partial charge in [-0.1, -0.05) is 19.8 Å². The van der Waals surface area contributed by atoms with Crippen molar-refractivity contribution in [2.24, 2.45) is 11.7 Å². The van der Waals surface area contributed by atoms with Gasteiger partial charge in [-0.2, -0.15) is 0 Å². The van der Waals surface area contributed by atoms with Crippen LogP contribution in [0.1, 0.15) is 45.4 Å². The number of nitrogens with two attached hydrogens (primary N) is 1. The first-order valence-electron chi connectivity index (χ1n) is 7.40. The van der Waals surface area contributed by atoms with E-state index in [2.05, 4.69) is 10.6 Å². The van der Waals surface area contributed by atoms with Crippen molar-refractivity contribution in [1.29, 1.82) is 0 Å². The van der Waals surface area contributed by atoms with E-state index in [0.29, 0.717) is 25.8 Å². The van der Waals surface area contributed by atoms with Crippen LogP contribution in [0.4, 0.5) is 0 Å². The van der Waals surface area contributed by atoms with Crippen LogP contribution in [-0.4, -0.2) is 42.2 Å². The Labute approximate surface area is 120 Å². The van der Waals surface area contributed by atoms with E-state index in [-0.39, 0.29) is 17.9 Å². The monoisotopic (exact) mass is 285 g/mol. The van der Waals surface area contributed by atoms with E-state index < -0.39 is 11.5 Å². The number of nitrogens with one attached hydrogen (secondary N) is 2. The second-order valence-electron chi connectivity index (χ2n) is 5.76. The Bertz CT molecular complexity index is 349. The Morgan fingerprint density at radius 1 is 1.50 bits per heavy atom. The van der Waals surface area contributed by atoms with Gasteiger partial charge in [0.05, 0.1) is 6.04 Å². The van der Waals surface area contributed by atoms with Gasteiger partial charge in [0.2, 0.25) is 5.91 Å². The number of rotatable bonds is 8. The molecule has 0 heterocycles. The molecule has 0 saturated heterocycles. The number of carbonyl (C=O) groups is 2. The molecule has 1 amide bonds. The van der Waals surface area contributed by atoms with Gasteiger partial charge in [-0.25, -0.2) is 0 Å². The molecule has 0 aromatic heterocycles. The number of hydrogen-bond acceptors (Lipinski definition) is 4. The maximum atomic E-state index is 11.6. The fourth-order valence-corrected chi connectivity index (χ4v) is 3.09. The van der Waals surface area contributed by atoms with Crippen molar-refractivity contribution in [3.63, 3.8) is 0 Å². The van der Waals surface area contributed by atoms with Gasteiger partial charge in [0.15, 0.2) is 0 Å². The molecule has 0 aliphatic heterocycles. The third-order valence-corrected chi connectivity index (χ3v) is 4.24. The van der Waals surface area contributed by atoms with Gasteiger partial charge in [-0.05, 0) is 45.2 Å². The van der Waals surface area contributed by atoms with Gasteiger partial charge in [-0.3, -0.25) is 9.59 Å². The molecule has 1 fully saturated rings. The number of primary amides is 1. The molecule has 20 heavy (non-hydrogen) atoms. The molecule has 0 aromatic rings. The Hall–Kier alpha value is -1.14. The van der Waals surface area contributed by atoms with E-state index in [1.807, 2.05) is 6.92 Å². The molecular formula is C14H27N3O3. The highest BCUT2D eigenvalue weighted by molar-refractivity contribution is 5.80. The lowest BCUT2D eigenvalue weighted by atomic mass is 9.73. The third-order valence-electron chi connectivity index (χ3n) is 4.24. The number of likely N-dealkylation sites (N-methyl/N-ethyl adjacent to an activating group) is 1. The first-order valence-corrected chi connectivity index (χ1v) is 7.40.